The number of nitrogens with zero attached hydrogens (tertiary/aromatic N) is 3. The maximum Gasteiger partial charge on any atom is 0.160 e. The van der Waals surface area contributed by atoms with Crippen molar-refractivity contribution in [3.8, 4) is 0 Å². The fourth-order valence-corrected chi connectivity index (χ4v) is 3.26. The number of rotatable bonds is 3. The third kappa shape index (κ3) is 2.86. The molecule has 1 aliphatic rings. The maximum absolute atomic E-state index is 5.68. The molecule has 0 spiro atoms. The van der Waals surface area contributed by atoms with E-state index in [0.717, 1.165) is 49.6 Å². The Morgan fingerprint density at radius 1 is 1.22 bits per heavy atom. The Morgan fingerprint density at radius 2 is 2.09 bits per heavy atom. The second-order valence-electron chi connectivity index (χ2n) is 6.30. The SMILES string of the molecule is Cc1ccc(Cn2c(C3CCCOC3)nc3cccnc32)cc1. The first-order valence-corrected chi connectivity index (χ1v) is 8.26. The van der Waals surface area contributed by atoms with Crippen LogP contribution < -0.4 is 0 Å². The van der Waals surface area contributed by atoms with Crippen molar-refractivity contribution in [3.63, 3.8) is 0 Å². The lowest BCUT2D eigenvalue weighted by molar-refractivity contribution is 0.0772. The van der Waals surface area contributed by atoms with Crippen LogP contribution in [0.5, 0.6) is 0 Å². The van der Waals surface area contributed by atoms with Gasteiger partial charge in [0.15, 0.2) is 5.65 Å². The Hall–Kier alpha value is -2.20. The third-order valence-corrected chi connectivity index (χ3v) is 4.52. The number of aromatic nitrogens is 3. The van der Waals surface area contributed by atoms with Crippen LogP contribution in [0, 0.1) is 6.92 Å². The first-order valence-electron chi connectivity index (χ1n) is 8.26. The van der Waals surface area contributed by atoms with E-state index in [1.807, 2.05) is 18.3 Å². The van der Waals surface area contributed by atoms with Crippen molar-refractivity contribution in [3.05, 3.63) is 59.5 Å². The highest BCUT2D eigenvalue weighted by molar-refractivity contribution is 5.71. The summed E-state index contributed by atoms with van der Waals surface area (Å²) in [4.78, 5) is 9.44. The fraction of sp³-hybridized carbons (Fsp3) is 0.368. The lowest BCUT2D eigenvalue weighted by Gasteiger charge is -2.22. The molecule has 1 fully saturated rings. The molecule has 4 nitrogen and oxygen atoms in total. The predicted octanol–water partition coefficient (Wildman–Crippen LogP) is 3.68. The molecule has 3 heterocycles. The van der Waals surface area contributed by atoms with E-state index in [9.17, 15) is 0 Å². The number of pyridine rings is 1. The largest absolute Gasteiger partial charge is 0.381 e. The van der Waals surface area contributed by atoms with Crippen molar-refractivity contribution in [2.75, 3.05) is 13.2 Å². The molecule has 0 bridgehead atoms. The average molecular weight is 307 g/mol. The molecule has 1 saturated heterocycles. The summed E-state index contributed by atoms with van der Waals surface area (Å²) in [6.45, 7) is 4.55. The van der Waals surface area contributed by atoms with Crippen LogP contribution >= 0.6 is 0 Å². The van der Waals surface area contributed by atoms with Crippen molar-refractivity contribution < 1.29 is 4.74 Å². The Morgan fingerprint density at radius 3 is 2.87 bits per heavy atom. The van der Waals surface area contributed by atoms with Crippen LogP contribution in [0.3, 0.4) is 0 Å². The van der Waals surface area contributed by atoms with Gasteiger partial charge in [-0.15, -0.1) is 0 Å². The Bertz CT molecular complexity index is 801. The summed E-state index contributed by atoms with van der Waals surface area (Å²) in [6, 6.07) is 12.7. The summed E-state index contributed by atoms with van der Waals surface area (Å²) in [5.41, 5.74) is 4.50. The van der Waals surface area contributed by atoms with Gasteiger partial charge in [0, 0.05) is 18.7 Å². The zero-order valence-corrected chi connectivity index (χ0v) is 13.4. The van der Waals surface area contributed by atoms with E-state index >= 15 is 0 Å². The van der Waals surface area contributed by atoms with E-state index in [0.29, 0.717) is 5.92 Å². The molecule has 0 aliphatic carbocycles. The quantitative estimate of drug-likeness (QED) is 0.741. The molecule has 0 N–H and O–H groups in total. The van der Waals surface area contributed by atoms with Crippen molar-refractivity contribution in [1.29, 1.82) is 0 Å². The lowest BCUT2D eigenvalue weighted by atomic mass is 10.0. The van der Waals surface area contributed by atoms with Gasteiger partial charge < -0.3 is 9.30 Å². The molecule has 1 aromatic carbocycles. The molecule has 118 valence electrons. The number of hydrogen-bond donors (Lipinski definition) is 0. The van der Waals surface area contributed by atoms with E-state index in [4.69, 9.17) is 9.72 Å². The Kier molecular flexibility index (Phi) is 3.83. The van der Waals surface area contributed by atoms with Gasteiger partial charge in [0.2, 0.25) is 0 Å². The van der Waals surface area contributed by atoms with E-state index in [1.165, 1.54) is 11.1 Å². The molecule has 3 aromatic rings. The summed E-state index contributed by atoms with van der Waals surface area (Å²) < 4.78 is 7.94. The average Bonchev–Trinajstić information content (AvgIpc) is 2.96. The number of aryl methyl sites for hydroxylation is 1. The van der Waals surface area contributed by atoms with Crippen molar-refractivity contribution in [2.24, 2.45) is 0 Å². The first kappa shape index (κ1) is 14.4. The summed E-state index contributed by atoms with van der Waals surface area (Å²) in [6.07, 6.45) is 4.08. The molecule has 4 rings (SSSR count). The maximum atomic E-state index is 5.68. The first-order chi connectivity index (χ1) is 11.3. The van der Waals surface area contributed by atoms with Crippen LogP contribution in [0.25, 0.3) is 11.2 Å². The Balaban J connectivity index is 1.77. The van der Waals surface area contributed by atoms with Crippen molar-refractivity contribution in [1.82, 2.24) is 14.5 Å². The summed E-state index contributed by atoms with van der Waals surface area (Å²) in [5, 5.41) is 0. The van der Waals surface area contributed by atoms with Gasteiger partial charge in [-0.1, -0.05) is 29.8 Å². The van der Waals surface area contributed by atoms with Crippen LogP contribution in [0.15, 0.2) is 42.6 Å². The van der Waals surface area contributed by atoms with E-state index in [1.54, 1.807) is 0 Å². The van der Waals surface area contributed by atoms with Crippen molar-refractivity contribution in [2.45, 2.75) is 32.2 Å². The molecule has 4 heteroatoms. The zero-order chi connectivity index (χ0) is 15.6. The Labute approximate surface area is 136 Å². The van der Waals surface area contributed by atoms with Gasteiger partial charge >= 0.3 is 0 Å². The van der Waals surface area contributed by atoms with Crippen LogP contribution in [0.2, 0.25) is 0 Å². The smallest absolute Gasteiger partial charge is 0.160 e. The molecule has 0 saturated carbocycles. The molecule has 1 unspecified atom stereocenters. The summed E-state index contributed by atoms with van der Waals surface area (Å²) in [5.74, 6) is 1.47. The highest BCUT2D eigenvalue weighted by Gasteiger charge is 2.23. The van der Waals surface area contributed by atoms with Gasteiger partial charge in [-0.2, -0.15) is 0 Å². The van der Waals surface area contributed by atoms with Crippen LogP contribution in [0.4, 0.5) is 0 Å². The van der Waals surface area contributed by atoms with Crippen LogP contribution in [-0.2, 0) is 11.3 Å². The summed E-state index contributed by atoms with van der Waals surface area (Å²) >= 11 is 0. The van der Waals surface area contributed by atoms with Gasteiger partial charge in [0.25, 0.3) is 0 Å². The molecule has 1 aliphatic heterocycles. The third-order valence-electron chi connectivity index (χ3n) is 4.52. The van der Waals surface area contributed by atoms with E-state index < -0.39 is 0 Å². The molecule has 0 amide bonds. The monoisotopic (exact) mass is 307 g/mol. The number of benzene rings is 1. The zero-order valence-electron chi connectivity index (χ0n) is 13.4. The number of fused-ring (bicyclic) bond motifs is 1. The predicted molar refractivity (Wildman–Crippen MR) is 90.6 cm³/mol. The van der Waals surface area contributed by atoms with E-state index in [-0.39, 0.29) is 0 Å². The molecule has 0 radical (unpaired) electrons. The topological polar surface area (TPSA) is 39.9 Å². The summed E-state index contributed by atoms with van der Waals surface area (Å²) in [7, 11) is 0. The van der Waals surface area contributed by atoms with Crippen molar-refractivity contribution >= 4 is 11.2 Å². The minimum Gasteiger partial charge on any atom is -0.381 e. The second-order valence-corrected chi connectivity index (χ2v) is 6.30. The molecule has 2 aromatic heterocycles. The van der Waals surface area contributed by atoms with Gasteiger partial charge in [-0.25, -0.2) is 9.97 Å². The highest BCUT2D eigenvalue weighted by Crippen LogP contribution is 2.28. The van der Waals surface area contributed by atoms with Gasteiger partial charge in [0.1, 0.15) is 11.3 Å². The minimum absolute atomic E-state index is 0.364. The fourth-order valence-electron chi connectivity index (χ4n) is 3.26. The van der Waals surface area contributed by atoms with Crippen LogP contribution in [0.1, 0.15) is 35.7 Å². The minimum atomic E-state index is 0.364. The van der Waals surface area contributed by atoms with Crippen LogP contribution in [-0.4, -0.2) is 27.7 Å². The standard InChI is InChI=1S/C19H21N3O/c1-14-6-8-15(9-7-14)12-22-18(16-4-3-11-23-13-16)21-17-5-2-10-20-19(17)22/h2,5-10,16H,3-4,11-13H2,1H3. The number of imidazole rings is 1. The molecule has 23 heavy (non-hydrogen) atoms. The number of ether oxygens (including phenoxy) is 1. The molecule has 1 atom stereocenters. The molecular weight excluding hydrogens is 286 g/mol. The normalized spacial score (nSPS) is 18.4. The lowest BCUT2D eigenvalue weighted by Crippen LogP contribution is -2.20. The van der Waals surface area contributed by atoms with Gasteiger partial charge in [-0.3, -0.25) is 0 Å². The highest BCUT2D eigenvalue weighted by atomic mass is 16.5. The number of hydrogen-bond acceptors (Lipinski definition) is 3. The molecular formula is C19H21N3O. The van der Waals surface area contributed by atoms with Gasteiger partial charge in [0.05, 0.1) is 13.2 Å². The van der Waals surface area contributed by atoms with Gasteiger partial charge in [-0.05, 0) is 37.5 Å². The van der Waals surface area contributed by atoms with E-state index in [2.05, 4.69) is 40.7 Å². The second kappa shape index (κ2) is 6.13.